The third kappa shape index (κ3) is 3.45. The van der Waals surface area contributed by atoms with E-state index < -0.39 is 0 Å². The van der Waals surface area contributed by atoms with Gasteiger partial charge in [-0.2, -0.15) is 5.26 Å². The maximum Gasteiger partial charge on any atom is 0.0672 e. The van der Waals surface area contributed by atoms with E-state index in [1.54, 1.807) is 0 Å². The lowest BCUT2D eigenvalue weighted by Crippen LogP contribution is -2.38. The average molecular weight is 234 g/mol. The van der Waals surface area contributed by atoms with Crippen LogP contribution in [0.15, 0.2) is 0 Å². The summed E-state index contributed by atoms with van der Waals surface area (Å²) in [6, 6.07) is 2.99. The van der Waals surface area contributed by atoms with E-state index in [1.165, 1.54) is 44.9 Å². The van der Waals surface area contributed by atoms with Gasteiger partial charge in [0.25, 0.3) is 0 Å². The largest absolute Gasteiger partial charge is 0.312 e. The van der Waals surface area contributed by atoms with E-state index in [0.717, 1.165) is 24.8 Å². The number of hydrogen-bond acceptors (Lipinski definition) is 2. The highest BCUT2D eigenvalue weighted by atomic mass is 14.9. The summed E-state index contributed by atoms with van der Waals surface area (Å²) in [4.78, 5) is 0. The molecule has 0 aromatic rings. The molecule has 2 aliphatic rings. The highest BCUT2D eigenvalue weighted by Crippen LogP contribution is 2.31. The van der Waals surface area contributed by atoms with Crippen LogP contribution in [-0.4, -0.2) is 12.6 Å². The van der Waals surface area contributed by atoms with Gasteiger partial charge in [-0.15, -0.1) is 0 Å². The van der Waals surface area contributed by atoms with Crippen molar-refractivity contribution in [3.63, 3.8) is 0 Å². The van der Waals surface area contributed by atoms with Gasteiger partial charge < -0.3 is 5.32 Å². The molecular weight excluding hydrogens is 208 g/mol. The lowest BCUT2D eigenvalue weighted by Gasteiger charge is -2.24. The molecule has 2 saturated carbocycles. The van der Waals surface area contributed by atoms with Gasteiger partial charge in [-0.25, -0.2) is 0 Å². The van der Waals surface area contributed by atoms with E-state index >= 15 is 0 Å². The SMILES string of the molecule is CC1CCCC1CNC1CCCCCC1C#N. The molecule has 0 bridgehead atoms. The summed E-state index contributed by atoms with van der Waals surface area (Å²) in [6.07, 6.45) is 10.4. The zero-order chi connectivity index (χ0) is 12.1. The topological polar surface area (TPSA) is 35.8 Å². The Morgan fingerprint density at radius 3 is 2.59 bits per heavy atom. The smallest absolute Gasteiger partial charge is 0.0672 e. The van der Waals surface area contributed by atoms with Gasteiger partial charge in [0.1, 0.15) is 0 Å². The van der Waals surface area contributed by atoms with Gasteiger partial charge in [-0.05, 0) is 37.6 Å². The standard InChI is InChI=1S/C15H26N2/c1-12-6-5-8-14(12)11-17-15-9-4-2-3-7-13(15)10-16/h12-15,17H,2-9,11H2,1H3. The van der Waals surface area contributed by atoms with Crippen LogP contribution in [0.5, 0.6) is 0 Å². The molecule has 0 radical (unpaired) electrons. The molecule has 4 unspecified atom stereocenters. The molecule has 2 fully saturated rings. The van der Waals surface area contributed by atoms with Gasteiger partial charge >= 0.3 is 0 Å². The van der Waals surface area contributed by atoms with Gasteiger partial charge in [0, 0.05) is 6.04 Å². The van der Waals surface area contributed by atoms with E-state index in [4.69, 9.17) is 0 Å². The molecule has 0 heterocycles. The Bertz CT molecular complexity index is 269. The Kier molecular flexibility index (Phi) is 4.86. The molecule has 0 aromatic carbocycles. The van der Waals surface area contributed by atoms with Crippen LogP contribution in [-0.2, 0) is 0 Å². The number of nitrogens with one attached hydrogen (secondary N) is 1. The van der Waals surface area contributed by atoms with Crippen molar-refractivity contribution in [3.05, 3.63) is 0 Å². The fourth-order valence-corrected chi connectivity index (χ4v) is 3.53. The normalized spacial score (nSPS) is 38.6. The zero-order valence-electron chi connectivity index (χ0n) is 11.1. The monoisotopic (exact) mass is 234 g/mol. The summed E-state index contributed by atoms with van der Waals surface area (Å²) < 4.78 is 0. The molecule has 0 aliphatic heterocycles. The average Bonchev–Trinajstić information content (AvgIpc) is 2.63. The minimum absolute atomic E-state index is 0.259. The van der Waals surface area contributed by atoms with E-state index in [9.17, 15) is 5.26 Å². The van der Waals surface area contributed by atoms with Crippen LogP contribution in [0.1, 0.15) is 58.3 Å². The molecular formula is C15H26N2. The first kappa shape index (κ1) is 12.9. The lowest BCUT2D eigenvalue weighted by atomic mass is 9.93. The van der Waals surface area contributed by atoms with Crippen LogP contribution in [0.25, 0.3) is 0 Å². The van der Waals surface area contributed by atoms with E-state index in [-0.39, 0.29) is 5.92 Å². The van der Waals surface area contributed by atoms with Crippen molar-refractivity contribution in [2.24, 2.45) is 17.8 Å². The fourth-order valence-electron chi connectivity index (χ4n) is 3.53. The van der Waals surface area contributed by atoms with Crippen molar-refractivity contribution in [2.75, 3.05) is 6.54 Å². The highest BCUT2D eigenvalue weighted by molar-refractivity contribution is 4.94. The molecule has 96 valence electrons. The third-order valence-electron chi connectivity index (χ3n) is 4.86. The van der Waals surface area contributed by atoms with Crippen molar-refractivity contribution in [3.8, 4) is 6.07 Å². The van der Waals surface area contributed by atoms with E-state index in [1.807, 2.05) is 0 Å². The minimum Gasteiger partial charge on any atom is -0.312 e. The predicted octanol–water partition coefficient (Wildman–Crippen LogP) is 3.48. The summed E-state index contributed by atoms with van der Waals surface area (Å²) >= 11 is 0. The number of nitriles is 1. The number of hydrogen-bond donors (Lipinski definition) is 1. The molecule has 2 nitrogen and oxygen atoms in total. The second-order valence-electron chi connectivity index (χ2n) is 6.06. The molecule has 17 heavy (non-hydrogen) atoms. The maximum absolute atomic E-state index is 9.24. The first-order chi connectivity index (χ1) is 8.31. The Morgan fingerprint density at radius 1 is 1.06 bits per heavy atom. The summed E-state index contributed by atoms with van der Waals surface area (Å²) in [5.41, 5.74) is 0. The van der Waals surface area contributed by atoms with Crippen molar-refractivity contribution >= 4 is 0 Å². The van der Waals surface area contributed by atoms with Crippen molar-refractivity contribution in [1.82, 2.24) is 5.32 Å². The molecule has 2 heteroatoms. The third-order valence-corrected chi connectivity index (χ3v) is 4.86. The lowest BCUT2D eigenvalue weighted by molar-refractivity contribution is 0.328. The number of nitrogens with zero attached hydrogens (tertiary/aromatic N) is 1. The van der Waals surface area contributed by atoms with Gasteiger partial charge in [-0.1, -0.05) is 39.0 Å². The Hall–Kier alpha value is -0.550. The molecule has 2 rings (SSSR count). The van der Waals surface area contributed by atoms with Crippen molar-refractivity contribution in [2.45, 2.75) is 64.3 Å². The second-order valence-corrected chi connectivity index (χ2v) is 6.06. The van der Waals surface area contributed by atoms with Crippen LogP contribution < -0.4 is 5.32 Å². The summed E-state index contributed by atoms with van der Waals surface area (Å²) in [5, 5.41) is 13.0. The fraction of sp³-hybridized carbons (Fsp3) is 0.933. The second kappa shape index (κ2) is 6.40. The first-order valence-corrected chi connectivity index (χ1v) is 7.44. The Labute approximate surface area is 106 Å². The quantitative estimate of drug-likeness (QED) is 0.759. The number of rotatable bonds is 3. The van der Waals surface area contributed by atoms with Gasteiger partial charge in [0.2, 0.25) is 0 Å². The van der Waals surface area contributed by atoms with E-state index in [0.29, 0.717) is 6.04 Å². The Balaban J connectivity index is 1.81. The molecule has 0 spiro atoms. The van der Waals surface area contributed by atoms with Gasteiger partial charge in [0.05, 0.1) is 12.0 Å². The highest BCUT2D eigenvalue weighted by Gasteiger charge is 2.27. The van der Waals surface area contributed by atoms with E-state index in [2.05, 4.69) is 18.3 Å². The molecule has 0 saturated heterocycles. The van der Waals surface area contributed by atoms with Gasteiger partial charge in [-0.3, -0.25) is 0 Å². The van der Waals surface area contributed by atoms with Crippen molar-refractivity contribution < 1.29 is 0 Å². The summed E-state index contributed by atoms with van der Waals surface area (Å²) in [5.74, 6) is 2.00. The van der Waals surface area contributed by atoms with Crippen LogP contribution in [0, 0.1) is 29.1 Å². The maximum atomic E-state index is 9.24. The zero-order valence-corrected chi connectivity index (χ0v) is 11.1. The van der Waals surface area contributed by atoms with Crippen molar-refractivity contribution in [1.29, 1.82) is 5.26 Å². The molecule has 0 amide bonds. The predicted molar refractivity (Wildman–Crippen MR) is 70.5 cm³/mol. The molecule has 2 aliphatic carbocycles. The van der Waals surface area contributed by atoms with Crippen LogP contribution >= 0.6 is 0 Å². The molecule has 4 atom stereocenters. The van der Waals surface area contributed by atoms with Gasteiger partial charge in [0.15, 0.2) is 0 Å². The van der Waals surface area contributed by atoms with Crippen LogP contribution in [0.3, 0.4) is 0 Å². The van der Waals surface area contributed by atoms with Crippen LogP contribution in [0.4, 0.5) is 0 Å². The molecule has 0 aromatic heterocycles. The van der Waals surface area contributed by atoms with Crippen LogP contribution in [0.2, 0.25) is 0 Å². The molecule has 1 N–H and O–H groups in total. The summed E-state index contributed by atoms with van der Waals surface area (Å²) in [7, 11) is 0. The first-order valence-electron chi connectivity index (χ1n) is 7.44. The minimum atomic E-state index is 0.259. The Morgan fingerprint density at radius 2 is 1.88 bits per heavy atom. The summed E-state index contributed by atoms with van der Waals surface area (Å²) in [6.45, 7) is 3.53.